The Hall–Kier alpha value is -2.35. The Balaban J connectivity index is 1.49. The molecule has 1 unspecified atom stereocenters. The van der Waals surface area contributed by atoms with Gasteiger partial charge >= 0.3 is 0 Å². The van der Waals surface area contributed by atoms with Gasteiger partial charge in [-0.1, -0.05) is 6.42 Å². The lowest BCUT2D eigenvalue weighted by atomic mass is 9.68. The first kappa shape index (κ1) is 19.4. The number of likely N-dealkylation sites (tertiary alicyclic amines) is 1. The number of non-ortho nitro benzene ring substituents is 1. The first-order valence-corrected chi connectivity index (χ1v) is 9.60. The molecule has 1 aromatic rings. The van der Waals surface area contributed by atoms with Crippen LogP contribution in [-0.4, -0.2) is 59.8 Å². The lowest BCUT2D eigenvalue weighted by Crippen LogP contribution is -2.43. The minimum absolute atomic E-state index is 0.0117. The lowest BCUT2D eigenvalue weighted by molar-refractivity contribution is -0.384. The van der Waals surface area contributed by atoms with E-state index in [1.54, 1.807) is 0 Å². The number of ether oxygens (including phenoxy) is 1. The molecule has 2 fully saturated rings. The number of nitro benzene ring substituents is 1. The molecule has 1 atom stereocenters. The number of aliphatic hydroxyl groups is 1. The molecule has 27 heavy (non-hydrogen) atoms. The Bertz CT molecular complexity index is 673. The number of guanidine groups is 1. The Morgan fingerprint density at radius 1 is 1.41 bits per heavy atom. The molecule has 1 spiro atoms. The molecule has 2 N–H and O–H groups in total. The molecule has 0 bridgehead atoms. The summed E-state index contributed by atoms with van der Waals surface area (Å²) in [5.74, 6) is 1.35. The van der Waals surface area contributed by atoms with E-state index in [2.05, 4.69) is 15.2 Å². The summed E-state index contributed by atoms with van der Waals surface area (Å²) in [6.45, 7) is 5.23. The van der Waals surface area contributed by atoms with Crippen molar-refractivity contribution >= 4 is 11.6 Å². The zero-order chi connectivity index (χ0) is 19.3. The topological polar surface area (TPSA) is 100 Å². The number of hydrogen-bond donors (Lipinski definition) is 2. The van der Waals surface area contributed by atoms with Gasteiger partial charge in [-0.15, -0.1) is 0 Å². The molecular weight excluding hydrogens is 348 g/mol. The van der Waals surface area contributed by atoms with Gasteiger partial charge in [0.15, 0.2) is 5.96 Å². The summed E-state index contributed by atoms with van der Waals surface area (Å²) in [5.41, 5.74) is 0.506. The van der Waals surface area contributed by atoms with Crippen LogP contribution in [-0.2, 0) is 0 Å². The van der Waals surface area contributed by atoms with Crippen LogP contribution in [0.4, 0.5) is 5.69 Å². The molecule has 1 aliphatic carbocycles. The van der Waals surface area contributed by atoms with Crippen molar-refractivity contribution in [3.8, 4) is 5.75 Å². The first-order valence-electron chi connectivity index (χ1n) is 9.60. The van der Waals surface area contributed by atoms with Crippen molar-refractivity contribution in [2.45, 2.75) is 38.7 Å². The SMILES string of the molecule is CCNC(=NCC(O)COc1ccc([N+](=O)[O-])cc1)N1CCC2(CCC2)C1. The molecule has 8 heteroatoms. The fourth-order valence-corrected chi connectivity index (χ4v) is 3.73. The van der Waals surface area contributed by atoms with Crippen molar-refractivity contribution in [3.63, 3.8) is 0 Å². The summed E-state index contributed by atoms with van der Waals surface area (Å²) in [6, 6.07) is 5.82. The number of benzene rings is 1. The third kappa shape index (κ3) is 4.88. The number of aliphatic imine (C=N–C) groups is 1. The third-order valence-corrected chi connectivity index (χ3v) is 5.43. The second kappa shape index (κ2) is 8.56. The van der Waals surface area contributed by atoms with E-state index in [4.69, 9.17) is 4.74 Å². The average Bonchev–Trinajstić information content (AvgIpc) is 3.10. The van der Waals surface area contributed by atoms with Gasteiger partial charge in [0.1, 0.15) is 18.5 Å². The first-order chi connectivity index (χ1) is 13.0. The summed E-state index contributed by atoms with van der Waals surface area (Å²) >= 11 is 0. The minimum atomic E-state index is -0.742. The molecule has 8 nitrogen and oxygen atoms in total. The molecule has 0 radical (unpaired) electrons. The molecule has 1 aliphatic heterocycles. The van der Waals surface area contributed by atoms with Crippen molar-refractivity contribution in [2.75, 3.05) is 32.8 Å². The summed E-state index contributed by atoms with van der Waals surface area (Å²) < 4.78 is 5.50. The third-order valence-electron chi connectivity index (χ3n) is 5.43. The summed E-state index contributed by atoms with van der Waals surface area (Å²) in [6.07, 6.45) is 4.45. The highest BCUT2D eigenvalue weighted by atomic mass is 16.6. The molecular formula is C19H28N4O4. The zero-order valence-corrected chi connectivity index (χ0v) is 15.8. The fraction of sp³-hybridized carbons (Fsp3) is 0.632. The van der Waals surface area contributed by atoms with Crippen molar-refractivity contribution in [1.29, 1.82) is 0 Å². The molecule has 2 aliphatic rings. The second-order valence-electron chi connectivity index (χ2n) is 7.44. The van der Waals surface area contributed by atoms with Crippen LogP contribution in [0.1, 0.15) is 32.6 Å². The molecule has 1 heterocycles. The van der Waals surface area contributed by atoms with Gasteiger partial charge in [0.2, 0.25) is 0 Å². The van der Waals surface area contributed by atoms with Gasteiger partial charge in [-0.3, -0.25) is 15.1 Å². The van der Waals surface area contributed by atoms with E-state index in [-0.39, 0.29) is 18.8 Å². The van der Waals surface area contributed by atoms with Gasteiger partial charge in [0, 0.05) is 31.8 Å². The molecule has 0 aromatic heterocycles. The number of nitro groups is 1. The fourth-order valence-electron chi connectivity index (χ4n) is 3.73. The summed E-state index contributed by atoms with van der Waals surface area (Å²) in [5, 5.41) is 24.2. The molecule has 1 aromatic carbocycles. The predicted octanol–water partition coefficient (Wildman–Crippen LogP) is 2.18. The number of nitrogens with zero attached hydrogens (tertiary/aromatic N) is 3. The quantitative estimate of drug-likeness (QED) is 0.327. The molecule has 1 saturated carbocycles. The maximum Gasteiger partial charge on any atom is 0.269 e. The van der Waals surface area contributed by atoms with Crippen molar-refractivity contribution < 1.29 is 14.8 Å². The van der Waals surface area contributed by atoms with Crippen LogP contribution in [0.5, 0.6) is 5.75 Å². The molecule has 1 saturated heterocycles. The van der Waals surface area contributed by atoms with E-state index in [0.717, 1.165) is 25.6 Å². The van der Waals surface area contributed by atoms with Gasteiger partial charge in [-0.2, -0.15) is 0 Å². The second-order valence-corrected chi connectivity index (χ2v) is 7.44. The highest BCUT2D eigenvalue weighted by molar-refractivity contribution is 5.80. The number of hydrogen-bond acceptors (Lipinski definition) is 5. The van der Waals surface area contributed by atoms with Crippen LogP contribution in [0.2, 0.25) is 0 Å². The maximum atomic E-state index is 10.7. The normalized spacial score (nSPS) is 19.6. The lowest BCUT2D eigenvalue weighted by Gasteiger charge is -2.38. The molecule has 148 valence electrons. The molecule has 0 amide bonds. The predicted molar refractivity (Wildman–Crippen MR) is 103 cm³/mol. The summed E-state index contributed by atoms with van der Waals surface area (Å²) in [4.78, 5) is 17.1. The van der Waals surface area contributed by atoms with Gasteiger partial charge < -0.3 is 20.1 Å². The van der Waals surface area contributed by atoms with E-state index < -0.39 is 11.0 Å². The van der Waals surface area contributed by atoms with E-state index in [1.165, 1.54) is 49.9 Å². The number of nitrogens with one attached hydrogen (secondary N) is 1. The smallest absolute Gasteiger partial charge is 0.269 e. The van der Waals surface area contributed by atoms with E-state index in [0.29, 0.717) is 11.2 Å². The van der Waals surface area contributed by atoms with Crippen molar-refractivity contribution in [3.05, 3.63) is 34.4 Å². The van der Waals surface area contributed by atoms with Crippen molar-refractivity contribution in [2.24, 2.45) is 10.4 Å². The molecule has 3 rings (SSSR count). The monoisotopic (exact) mass is 376 g/mol. The average molecular weight is 376 g/mol. The Morgan fingerprint density at radius 2 is 2.15 bits per heavy atom. The van der Waals surface area contributed by atoms with E-state index in [9.17, 15) is 15.2 Å². The highest BCUT2D eigenvalue weighted by Gasteiger charge is 2.43. The highest BCUT2D eigenvalue weighted by Crippen LogP contribution is 2.47. The van der Waals surface area contributed by atoms with Gasteiger partial charge in [-0.25, -0.2) is 0 Å². The Morgan fingerprint density at radius 3 is 2.70 bits per heavy atom. The number of rotatable bonds is 7. The Kier molecular flexibility index (Phi) is 6.15. The van der Waals surface area contributed by atoms with Gasteiger partial charge in [-0.05, 0) is 43.7 Å². The summed E-state index contributed by atoms with van der Waals surface area (Å²) in [7, 11) is 0. The van der Waals surface area contributed by atoms with Crippen LogP contribution in [0.3, 0.4) is 0 Å². The van der Waals surface area contributed by atoms with Crippen LogP contribution >= 0.6 is 0 Å². The van der Waals surface area contributed by atoms with Crippen LogP contribution in [0.15, 0.2) is 29.3 Å². The van der Waals surface area contributed by atoms with Gasteiger partial charge in [0.25, 0.3) is 5.69 Å². The van der Waals surface area contributed by atoms with Crippen LogP contribution in [0, 0.1) is 15.5 Å². The zero-order valence-electron chi connectivity index (χ0n) is 15.8. The maximum absolute atomic E-state index is 10.7. The minimum Gasteiger partial charge on any atom is -0.491 e. The van der Waals surface area contributed by atoms with Crippen LogP contribution < -0.4 is 10.1 Å². The van der Waals surface area contributed by atoms with E-state index >= 15 is 0 Å². The van der Waals surface area contributed by atoms with E-state index in [1.807, 2.05) is 6.92 Å². The largest absolute Gasteiger partial charge is 0.491 e. The van der Waals surface area contributed by atoms with Crippen molar-refractivity contribution in [1.82, 2.24) is 10.2 Å². The van der Waals surface area contributed by atoms with Crippen LogP contribution in [0.25, 0.3) is 0 Å². The van der Waals surface area contributed by atoms with Gasteiger partial charge in [0.05, 0.1) is 11.5 Å². The standard InChI is InChI=1S/C19H28N4O4/c1-2-20-18(22-11-10-19(14-22)8-3-9-19)21-12-16(24)13-27-17-6-4-15(5-7-17)23(25)26/h4-7,16,24H,2-3,8-14H2,1H3,(H,20,21). The number of aliphatic hydroxyl groups excluding tert-OH is 1. The Labute approximate surface area is 159 Å².